The second-order valence-electron chi connectivity index (χ2n) is 9.65. The SMILES string of the molecule is CCCCCCCCC(CCCCCC)CC(=O)OCCCCCCCC(C)C. The summed E-state index contributed by atoms with van der Waals surface area (Å²) in [6.07, 6.45) is 23.8. The van der Waals surface area contributed by atoms with E-state index in [1.807, 2.05) is 0 Å². The Morgan fingerprint density at radius 1 is 0.621 bits per heavy atom. The molecule has 0 spiro atoms. The van der Waals surface area contributed by atoms with Crippen LogP contribution in [0.3, 0.4) is 0 Å². The Morgan fingerprint density at radius 3 is 1.62 bits per heavy atom. The summed E-state index contributed by atoms with van der Waals surface area (Å²) >= 11 is 0. The van der Waals surface area contributed by atoms with Gasteiger partial charge in [0.2, 0.25) is 0 Å². The highest BCUT2D eigenvalue weighted by molar-refractivity contribution is 5.69. The number of ether oxygens (including phenoxy) is 1. The summed E-state index contributed by atoms with van der Waals surface area (Å²) in [6, 6.07) is 0. The summed E-state index contributed by atoms with van der Waals surface area (Å²) in [5.41, 5.74) is 0. The molecule has 29 heavy (non-hydrogen) atoms. The molecule has 1 unspecified atom stereocenters. The molecule has 0 N–H and O–H groups in total. The monoisotopic (exact) mass is 410 g/mol. The van der Waals surface area contributed by atoms with Crippen LogP contribution in [0.5, 0.6) is 0 Å². The Bertz CT molecular complexity index is 337. The van der Waals surface area contributed by atoms with Crippen molar-refractivity contribution in [3.8, 4) is 0 Å². The van der Waals surface area contributed by atoms with Gasteiger partial charge in [0.15, 0.2) is 0 Å². The molecule has 0 saturated carbocycles. The number of carbonyl (C=O) groups excluding carboxylic acids is 1. The van der Waals surface area contributed by atoms with Crippen molar-refractivity contribution in [1.82, 2.24) is 0 Å². The van der Waals surface area contributed by atoms with E-state index in [9.17, 15) is 4.79 Å². The fourth-order valence-electron chi connectivity index (χ4n) is 4.09. The minimum Gasteiger partial charge on any atom is -0.466 e. The lowest BCUT2D eigenvalue weighted by atomic mass is 9.91. The maximum Gasteiger partial charge on any atom is 0.306 e. The molecule has 0 amide bonds. The molecule has 2 nitrogen and oxygen atoms in total. The molecular weight excluding hydrogens is 356 g/mol. The van der Waals surface area contributed by atoms with Gasteiger partial charge in [-0.15, -0.1) is 0 Å². The Balaban J connectivity index is 3.89. The van der Waals surface area contributed by atoms with E-state index in [1.165, 1.54) is 109 Å². The third-order valence-corrected chi connectivity index (χ3v) is 6.08. The van der Waals surface area contributed by atoms with E-state index in [2.05, 4.69) is 27.7 Å². The summed E-state index contributed by atoms with van der Waals surface area (Å²) < 4.78 is 5.57. The van der Waals surface area contributed by atoms with Crippen LogP contribution in [-0.2, 0) is 9.53 Å². The van der Waals surface area contributed by atoms with Crippen molar-refractivity contribution in [3.05, 3.63) is 0 Å². The van der Waals surface area contributed by atoms with Gasteiger partial charge in [-0.05, 0) is 31.1 Å². The average molecular weight is 411 g/mol. The molecule has 1 atom stereocenters. The first kappa shape index (κ1) is 28.5. The second kappa shape index (κ2) is 22.2. The van der Waals surface area contributed by atoms with E-state index in [-0.39, 0.29) is 5.97 Å². The molecule has 0 aromatic heterocycles. The molecule has 0 aromatic rings. The van der Waals surface area contributed by atoms with Gasteiger partial charge in [-0.2, -0.15) is 0 Å². The molecule has 0 aliphatic carbocycles. The van der Waals surface area contributed by atoms with Crippen LogP contribution in [0, 0.1) is 11.8 Å². The minimum atomic E-state index is 0.0521. The Labute approximate surface area is 184 Å². The average Bonchev–Trinajstić information content (AvgIpc) is 2.69. The molecule has 0 rings (SSSR count). The highest BCUT2D eigenvalue weighted by Crippen LogP contribution is 2.22. The van der Waals surface area contributed by atoms with Gasteiger partial charge in [-0.25, -0.2) is 0 Å². The first-order valence-electron chi connectivity index (χ1n) is 13.3. The fraction of sp³-hybridized carbons (Fsp3) is 0.963. The van der Waals surface area contributed by atoms with Crippen molar-refractivity contribution in [1.29, 1.82) is 0 Å². The van der Waals surface area contributed by atoms with Crippen molar-refractivity contribution in [3.63, 3.8) is 0 Å². The van der Waals surface area contributed by atoms with Crippen LogP contribution < -0.4 is 0 Å². The molecule has 0 heterocycles. The number of unbranched alkanes of at least 4 members (excludes halogenated alkanes) is 12. The Kier molecular flexibility index (Phi) is 21.8. The maximum atomic E-state index is 12.3. The molecule has 174 valence electrons. The van der Waals surface area contributed by atoms with Gasteiger partial charge in [0.05, 0.1) is 6.61 Å². The van der Waals surface area contributed by atoms with E-state index in [0.717, 1.165) is 12.3 Å². The number of esters is 1. The highest BCUT2D eigenvalue weighted by atomic mass is 16.5. The Morgan fingerprint density at radius 2 is 1.07 bits per heavy atom. The lowest BCUT2D eigenvalue weighted by Gasteiger charge is -2.16. The van der Waals surface area contributed by atoms with Gasteiger partial charge >= 0.3 is 5.97 Å². The van der Waals surface area contributed by atoms with E-state index >= 15 is 0 Å². The third-order valence-electron chi connectivity index (χ3n) is 6.08. The van der Waals surface area contributed by atoms with Gasteiger partial charge in [0.1, 0.15) is 0 Å². The highest BCUT2D eigenvalue weighted by Gasteiger charge is 2.14. The zero-order valence-electron chi connectivity index (χ0n) is 20.6. The molecular formula is C27H54O2. The molecule has 0 aliphatic rings. The minimum absolute atomic E-state index is 0.0521. The molecule has 0 saturated heterocycles. The van der Waals surface area contributed by atoms with E-state index < -0.39 is 0 Å². The number of rotatable bonds is 22. The van der Waals surface area contributed by atoms with Gasteiger partial charge in [0, 0.05) is 6.42 Å². The fourth-order valence-corrected chi connectivity index (χ4v) is 4.09. The number of carbonyl (C=O) groups is 1. The molecule has 0 fully saturated rings. The van der Waals surface area contributed by atoms with Crippen LogP contribution in [0.4, 0.5) is 0 Å². The second-order valence-corrected chi connectivity index (χ2v) is 9.65. The summed E-state index contributed by atoms with van der Waals surface area (Å²) in [6.45, 7) is 9.74. The van der Waals surface area contributed by atoms with Crippen LogP contribution >= 0.6 is 0 Å². The van der Waals surface area contributed by atoms with Crippen molar-refractivity contribution in [2.24, 2.45) is 11.8 Å². The molecule has 2 heteroatoms. The van der Waals surface area contributed by atoms with E-state index in [1.54, 1.807) is 0 Å². The summed E-state index contributed by atoms with van der Waals surface area (Å²) in [7, 11) is 0. The normalized spacial score (nSPS) is 12.4. The van der Waals surface area contributed by atoms with Crippen LogP contribution in [0.1, 0.15) is 150 Å². The predicted octanol–water partition coefficient (Wildman–Crippen LogP) is 9.25. The van der Waals surface area contributed by atoms with Crippen molar-refractivity contribution in [2.75, 3.05) is 6.61 Å². The number of hydrogen-bond donors (Lipinski definition) is 0. The largest absolute Gasteiger partial charge is 0.466 e. The molecule has 0 radical (unpaired) electrons. The van der Waals surface area contributed by atoms with Crippen molar-refractivity contribution in [2.45, 2.75) is 150 Å². The van der Waals surface area contributed by atoms with Gasteiger partial charge in [0.25, 0.3) is 0 Å². The van der Waals surface area contributed by atoms with Crippen molar-refractivity contribution < 1.29 is 9.53 Å². The first-order chi connectivity index (χ1) is 14.1. The smallest absolute Gasteiger partial charge is 0.306 e. The van der Waals surface area contributed by atoms with Crippen LogP contribution in [0.15, 0.2) is 0 Å². The quantitative estimate of drug-likeness (QED) is 0.131. The van der Waals surface area contributed by atoms with Crippen molar-refractivity contribution >= 4 is 5.97 Å². The standard InChI is InChI=1S/C27H54O2/c1-5-7-9-11-14-18-22-26(21-17-10-8-6-2)24-27(28)29-23-19-15-12-13-16-20-25(3)4/h25-26H,5-24H2,1-4H3. The van der Waals surface area contributed by atoms with Gasteiger partial charge < -0.3 is 4.74 Å². The maximum absolute atomic E-state index is 12.3. The first-order valence-corrected chi connectivity index (χ1v) is 13.3. The number of hydrogen-bond acceptors (Lipinski definition) is 2. The third kappa shape index (κ3) is 22.0. The zero-order chi connectivity index (χ0) is 21.6. The van der Waals surface area contributed by atoms with Gasteiger partial charge in [-0.3, -0.25) is 4.79 Å². The lowest BCUT2D eigenvalue weighted by molar-refractivity contribution is -0.145. The molecule has 0 aromatic carbocycles. The van der Waals surface area contributed by atoms with Crippen LogP contribution in [-0.4, -0.2) is 12.6 Å². The summed E-state index contributed by atoms with van der Waals surface area (Å²) in [4.78, 5) is 12.3. The van der Waals surface area contributed by atoms with Gasteiger partial charge in [-0.1, -0.05) is 124 Å². The zero-order valence-corrected chi connectivity index (χ0v) is 20.6. The summed E-state index contributed by atoms with van der Waals surface area (Å²) in [5, 5.41) is 0. The Hall–Kier alpha value is -0.530. The lowest BCUT2D eigenvalue weighted by Crippen LogP contribution is -2.13. The van der Waals surface area contributed by atoms with E-state index in [4.69, 9.17) is 4.74 Å². The van der Waals surface area contributed by atoms with E-state index in [0.29, 0.717) is 18.9 Å². The predicted molar refractivity (Wildman–Crippen MR) is 128 cm³/mol. The molecule has 0 bridgehead atoms. The summed E-state index contributed by atoms with van der Waals surface area (Å²) in [5.74, 6) is 1.42. The topological polar surface area (TPSA) is 26.3 Å². The van der Waals surface area contributed by atoms with Crippen LogP contribution in [0.25, 0.3) is 0 Å². The molecule has 0 aliphatic heterocycles. The van der Waals surface area contributed by atoms with Crippen LogP contribution in [0.2, 0.25) is 0 Å².